The smallest absolute Gasteiger partial charge is 0.346 e. The van der Waals surface area contributed by atoms with Crippen molar-refractivity contribution in [2.75, 3.05) is 6.61 Å². The summed E-state index contributed by atoms with van der Waals surface area (Å²) in [7, 11) is 0. The number of hydrogen-bond acceptors (Lipinski definition) is 4. The minimum absolute atomic E-state index is 0.317. The number of allylic oxidation sites excluding steroid dienone is 2. The molecule has 0 radical (unpaired) electrons. The van der Waals surface area contributed by atoms with Gasteiger partial charge in [-0.3, -0.25) is 0 Å². The van der Waals surface area contributed by atoms with Gasteiger partial charge in [0.05, 0.1) is 12.2 Å². The van der Waals surface area contributed by atoms with Crippen LogP contribution in [0.1, 0.15) is 22.8 Å². The summed E-state index contributed by atoms with van der Waals surface area (Å²) in [5.74, 6) is -1.66. The zero-order valence-electron chi connectivity index (χ0n) is 10.9. The molecular formula is C15H13NO4. The van der Waals surface area contributed by atoms with Gasteiger partial charge >= 0.3 is 11.9 Å². The molecule has 5 nitrogen and oxygen atoms in total. The number of aliphatic carboxylic acids is 1. The van der Waals surface area contributed by atoms with Crippen LogP contribution in [-0.4, -0.2) is 23.7 Å². The minimum atomic E-state index is -1.27. The molecule has 1 rings (SSSR count). The van der Waals surface area contributed by atoms with Gasteiger partial charge in [0, 0.05) is 0 Å². The lowest BCUT2D eigenvalue weighted by molar-refractivity contribution is -0.132. The van der Waals surface area contributed by atoms with E-state index in [0.717, 1.165) is 5.56 Å². The average Bonchev–Trinajstić information content (AvgIpc) is 2.44. The van der Waals surface area contributed by atoms with Crippen LogP contribution in [0.25, 0.3) is 6.08 Å². The number of rotatable bonds is 5. The predicted octanol–water partition coefficient (Wildman–Crippen LogP) is 2.41. The quantitative estimate of drug-likeness (QED) is 0.384. The summed E-state index contributed by atoms with van der Waals surface area (Å²) in [6.45, 7) is 2.05. The molecule has 0 aliphatic carbocycles. The molecule has 0 saturated carbocycles. The van der Waals surface area contributed by atoms with Crippen molar-refractivity contribution in [2.24, 2.45) is 0 Å². The Morgan fingerprint density at radius 3 is 2.50 bits per heavy atom. The number of nitrogens with zero attached hydrogens (tertiary/aromatic N) is 1. The van der Waals surface area contributed by atoms with Crippen LogP contribution in [0.2, 0.25) is 0 Å². The second-order valence-corrected chi connectivity index (χ2v) is 3.70. The van der Waals surface area contributed by atoms with Gasteiger partial charge in [-0.15, -0.1) is 0 Å². The lowest BCUT2D eigenvalue weighted by Crippen LogP contribution is -2.03. The largest absolute Gasteiger partial charge is 0.477 e. The standard InChI is InChI=1S/C15H13NO4/c1-2-20-15(19)12-8-6-11(7-9-12)4-3-5-13(10-16)14(17)18/h3-9H,2H2,1H3,(H,17,18). The Labute approximate surface area is 116 Å². The molecule has 102 valence electrons. The Hall–Kier alpha value is -2.87. The SMILES string of the molecule is CCOC(=O)c1ccc(C=CC=C(C#N)C(=O)O)cc1. The van der Waals surface area contributed by atoms with Gasteiger partial charge in [-0.05, 0) is 30.7 Å². The predicted molar refractivity (Wildman–Crippen MR) is 72.8 cm³/mol. The zero-order chi connectivity index (χ0) is 15.0. The van der Waals surface area contributed by atoms with Gasteiger partial charge in [0.25, 0.3) is 0 Å². The third-order valence-electron chi connectivity index (χ3n) is 2.32. The highest BCUT2D eigenvalue weighted by Crippen LogP contribution is 2.08. The fourth-order valence-corrected chi connectivity index (χ4v) is 1.36. The summed E-state index contributed by atoms with van der Waals surface area (Å²) in [6.07, 6.45) is 4.31. The highest BCUT2D eigenvalue weighted by molar-refractivity contribution is 5.91. The summed E-state index contributed by atoms with van der Waals surface area (Å²) < 4.78 is 4.85. The van der Waals surface area contributed by atoms with Crippen molar-refractivity contribution in [3.8, 4) is 6.07 Å². The number of carbonyl (C=O) groups is 2. The first-order valence-electron chi connectivity index (χ1n) is 5.87. The van der Waals surface area contributed by atoms with Gasteiger partial charge in [0.15, 0.2) is 0 Å². The lowest BCUT2D eigenvalue weighted by Gasteiger charge is -2.01. The van der Waals surface area contributed by atoms with E-state index in [4.69, 9.17) is 15.1 Å². The first-order chi connectivity index (χ1) is 9.58. The Morgan fingerprint density at radius 2 is 2.00 bits per heavy atom. The van der Waals surface area contributed by atoms with Crippen molar-refractivity contribution in [3.05, 3.63) is 53.1 Å². The van der Waals surface area contributed by atoms with E-state index in [1.807, 2.05) is 0 Å². The van der Waals surface area contributed by atoms with Gasteiger partial charge in [0.2, 0.25) is 0 Å². The molecule has 1 aromatic rings. The van der Waals surface area contributed by atoms with Crippen molar-refractivity contribution in [1.29, 1.82) is 5.26 Å². The van der Waals surface area contributed by atoms with Crippen LogP contribution < -0.4 is 0 Å². The van der Waals surface area contributed by atoms with E-state index in [0.29, 0.717) is 12.2 Å². The summed E-state index contributed by atoms with van der Waals surface area (Å²) in [5, 5.41) is 17.2. The van der Waals surface area contributed by atoms with Crippen molar-refractivity contribution in [1.82, 2.24) is 0 Å². The number of benzene rings is 1. The summed E-state index contributed by atoms with van der Waals surface area (Å²) >= 11 is 0. The molecule has 0 unspecified atom stereocenters. The molecule has 20 heavy (non-hydrogen) atoms. The average molecular weight is 271 g/mol. The van der Waals surface area contributed by atoms with E-state index in [9.17, 15) is 9.59 Å². The molecule has 0 bridgehead atoms. The number of ether oxygens (including phenoxy) is 1. The molecule has 0 fully saturated rings. The number of hydrogen-bond donors (Lipinski definition) is 1. The maximum absolute atomic E-state index is 11.4. The first-order valence-corrected chi connectivity index (χ1v) is 5.87. The summed E-state index contributed by atoms with van der Waals surface area (Å²) in [5.41, 5.74) is 0.879. The van der Waals surface area contributed by atoms with E-state index in [1.165, 1.54) is 12.2 Å². The molecule has 0 saturated heterocycles. The van der Waals surface area contributed by atoms with Gasteiger partial charge < -0.3 is 9.84 Å². The minimum Gasteiger partial charge on any atom is -0.477 e. The van der Waals surface area contributed by atoms with E-state index in [2.05, 4.69) is 0 Å². The maximum atomic E-state index is 11.4. The van der Waals surface area contributed by atoms with Crippen LogP contribution in [0, 0.1) is 11.3 Å². The second kappa shape index (κ2) is 7.54. The molecule has 0 aliphatic heterocycles. The molecule has 1 N–H and O–H groups in total. The van der Waals surface area contributed by atoms with E-state index in [1.54, 1.807) is 43.3 Å². The van der Waals surface area contributed by atoms with E-state index < -0.39 is 5.97 Å². The molecule has 0 aliphatic rings. The number of carbonyl (C=O) groups excluding carboxylic acids is 1. The van der Waals surface area contributed by atoms with Crippen LogP contribution in [0.4, 0.5) is 0 Å². The fraction of sp³-hybridized carbons (Fsp3) is 0.133. The first kappa shape index (κ1) is 15.2. The Morgan fingerprint density at radius 1 is 1.35 bits per heavy atom. The van der Waals surface area contributed by atoms with E-state index in [-0.39, 0.29) is 11.5 Å². The van der Waals surface area contributed by atoms with E-state index >= 15 is 0 Å². The zero-order valence-corrected chi connectivity index (χ0v) is 10.9. The van der Waals surface area contributed by atoms with Crippen LogP contribution in [-0.2, 0) is 9.53 Å². The third-order valence-corrected chi connectivity index (χ3v) is 2.32. The van der Waals surface area contributed by atoms with Gasteiger partial charge in [-0.2, -0.15) is 5.26 Å². The lowest BCUT2D eigenvalue weighted by atomic mass is 10.1. The van der Waals surface area contributed by atoms with Gasteiger partial charge in [0.1, 0.15) is 11.6 Å². The normalized spacial score (nSPS) is 11.1. The van der Waals surface area contributed by atoms with Crippen LogP contribution >= 0.6 is 0 Å². The highest BCUT2D eigenvalue weighted by atomic mass is 16.5. The molecule has 0 aromatic heterocycles. The molecule has 0 amide bonds. The monoisotopic (exact) mass is 271 g/mol. The van der Waals surface area contributed by atoms with Crippen LogP contribution in [0.5, 0.6) is 0 Å². The number of carboxylic acid groups (broad SMARTS) is 1. The summed E-state index contributed by atoms with van der Waals surface area (Å²) in [6, 6.07) is 8.20. The maximum Gasteiger partial charge on any atom is 0.346 e. The number of esters is 1. The van der Waals surface area contributed by atoms with Gasteiger partial charge in [-0.1, -0.05) is 24.3 Å². The number of nitriles is 1. The van der Waals surface area contributed by atoms with Crippen molar-refractivity contribution in [3.63, 3.8) is 0 Å². The van der Waals surface area contributed by atoms with Crippen molar-refractivity contribution >= 4 is 18.0 Å². The molecule has 5 heteroatoms. The van der Waals surface area contributed by atoms with Crippen molar-refractivity contribution < 1.29 is 19.4 Å². The number of carboxylic acids is 1. The third kappa shape index (κ3) is 4.42. The summed E-state index contributed by atoms with van der Waals surface area (Å²) in [4.78, 5) is 22.0. The molecule has 0 heterocycles. The molecule has 0 atom stereocenters. The second-order valence-electron chi connectivity index (χ2n) is 3.70. The van der Waals surface area contributed by atoms with Crippen LogP contribution in [0.15, 0.2) is 42.0 Å². The Kier molecular flexibility index (Phi) is 5.73. The van der Waals surface area contributed by atoms with Crippen LogP contribution in [0.3, 0.4) is 0 Å². The Bertz CT molecular complexity index is 591. The highest BCUT2D eigenvalue weighted by Gasteiger charge is 2.05. The van der Waals surface area contributed by atoms with Crippen molar-refractivity contribution in [2.45, 2.75) is 6.92 Å². The fourth-order valence-electron chi connectivity index (χ4n) is 1.36. The molecule has 0 spiro atoms. The molecule has 1 aromatic carbocycles. The Balaban J connectivity index is 2.78. The molecular weight excluding hydrogens is 258 g/mol. The van der Waals surface area contributed by atoms with Gasteiger partial charge in [-0.25, -0.2) is 9.59 Å². The topological polar surface area (TPSA) is 87.4 Å².